The predicted molar refractivity (Wildman–Crippen MR) is 133 cm³/mol. The molecule has 2 aromatic rings. The molecule has 5 heteroatoms. The van der Waals surface area contributed by atoms with Gasteiger partial charge in [0.15, 0.2) is 5.78 Å². The fourth-order valence-corrected chi connectivity index (χ4v) is 3.69. The molecular formula is C28H36N2O3. The van der Waals surface area contributed by atoms with Crippen LogP contribution in [0.15, 0.2) is 61.2 Å². The van der Waals surface area contributed by atoms with Crippen LogP contribution in [-0.4, -0.2) is 39.7 Å². The summed E-state index contributed by atoms with van der Waals surface area (Å²) in [5.74, 6) is -0.480. The van der Waals surface area contributed by atoms with E-state index in [2.05, 4.69) is 6.58 Å². The number of carbonyl (C=O) groups is 3. The average Bonchev–Trinajstić information content (AvgIpc) is 2.81. The number of nitrogens with zero attached hydrogens (tertiary/aromatic N) is 2. The summed E-state index contributed by atoms with van der Waals surface area (Å²) in [6.07, 6.45) is 5.23. The number of rotatable bonds is 9. The summed E-state index contributed by atoms with van der Waals surface area (Å²) in [4.78, 5) is 38.9. The van der Waals surface area contributed by atoms with E-state index in [4.69, 9.17) is 0 Å². The molecule has 0 atom stereocenters. The molecular weight excluding hydrogens is 412 g/mol. The smallest absolute Gasteiger partial charge is 0.272 e. The van der Waals surface area contributed by atoms with E-state index in [-0.39, 0.29) is 17.6 Å². The van der Waals surface area contributed by atoms with Crippen molar-refractivity contribution < 1.29 is 14.4 Å². The maximum absolute atomic E-state index is 13.6. The number of allylic oxidation sites excluding steroid dienone is 1. The molecule has 0 bridgehead atoms. The van der Waals surface area contributed by atoms with Crippen molar-refractivity contribution in [1.82, 2.24) is 10.0 Å². The zero-order valence-corrected chi connectivity index (χ0v) is 20.6. The van der Waals surface area contributed by atoms with Gasteiger partial charge in [-0.05, 0) is 76.8 Å². The first-order valence-electron chi connectivity index (χ1n) is 11.6. The van der Waals surface area contributed by atoms with Gasteiger partial charge in [0.25, 0.3) is 11.8 Å². The van der Waals surface area contributed by atoms with Crippen LogP contribution in [0.4, 0.5) is 0 Å². The van der Waals surface area contributed by atoms with E-state index in [0.717, 1.165) is 19.3 Å². The molecule has 0 fully saturated rings. The van der Waals surface area contributed by atoms with Crippen LogP contribution in [0.1, 0.15) is 90.5 Å². The van der Waals surface area contributed by atoms with Crippen molar-refractivity contribution in [3.63, 3.8) is 0 Å². The van der Waals surface area contributed by atoms with Gasteiger partial charge in [-0.25, -0.2) is 10.0 Å². The molecule has 0 aliphatic heterocycles. The summed E-state index contributed by atoms with van der Waals surface area (Å²) in [5, 5.41) is 3.02. The number of hydrazine groups is 1. The number of unbranched alkanes of at least 4 members (excludes halogenated alkanes) is 1. The molecule has 5 nitrogen and oxygen atoms in total. The number of hydrogen-bond acceptors (Lipinski definition) is 3. The van der Waals surface area contributed by atoms with Crippen molar-refractivity contribution in [1.29, 1.82) is 0 Å². The van der Waals surface area contributed by atoms with Crippen LogP contribution in [-0.2, 0) is 6.42 Å². The Labute approximate surface area is 198 Å². The van der Waals surface area contributed by atoms with Gasteiger partial charge in [0.05, 0.1) is 5.54 Å². The number of aryl methyl sites for hydroxylation is 1. The fourth-order valence-electron chi connectivity index (χ4n) is 3.69. The quantitative estimate of drug-likeness (QED) is 0.201. The van der Waals surface area contributed by atoms with Crippen LogP contribution >= 0.6 is 0 Å². The third-order valence-corrected chi connectivity index (χ3v) is 5.45. The van der Waals surface area contributed by atoms with Gasteiger partial charge in [-0.3, -0.25) is 14.4 Å². The Kier molecular flexibility index (Phi) is 9.15. The molecule has 0 saturated carbocycles. The lowest BCUT2D eigenvalue weighted by molar-refractivity contribution is -0.0410. The molecule has 0 saturated heterocycles. The fraction of sp³-hybridized carbons (Fsp3) is 0.393. The molecule has 0 aliphatic carbocycles. The van der Waals surface area contributed by atoms with Crippen molar-refractivity contribution in [2.75, 3.05) is 6.54 Å². The SMILES string of the molecule is C=CCCCc1ccc(C(=O)N(N(CC)C(=O)c2ccc(C(=O)CC)cc2)C(C)(C)C)cc1. The molecule has 0 radical (unpaired) electrons. The number of amides is 2. The van der Waals surface area contributed by atoms with Crippen molar-refractivity contribution in [3.05, 3.63) is 83.4 Å². The monoisotopic (exact) mass is 448 g/mol. The molecule has 2 amide bonds. The van der Waals surface area contributed by atoms with Crippen LogP contribution in [0.5, 0.6) is 0 Å². The summed E-state index contributed by atoms with van der Waals surface area (Å²) in [6, 6.07) is 14.2. The number of benzene rings is 2. The van der Waals surface area contributed by atoms with Gasteiger partial charge >= 0.3 is 0 Å². The van der Waals surface area contributed by atoms with Crippen LogP contribution in [0, 0.1) is 0 Å². The minimum atomic E-state index is -0.622. The lowest BCUT2D eigenvalue weighted by Gasteiger charge is -2.43. The summed E-state index contributed by atoms with van der Waals surface area (Å²) >= 11 is 0. The lowest BCUT2D eigenvalue weighted by Crippen LogP contribution is -2.58. The average molecular weight is 449 g/mol. The number of carbonyl (C=O) groups excluding carboxylic acids is 3. The van der Waals surface area contributed by atoms with E-state index in [9.17, 15) is 14.4 Å². The number of Topliss-reactive ketones (excluding diaryl/α,β-unsaturated/α-hetero) is 1. The number of ketones is 1. The highest BCUT2D eigenvalue weighted by Gasteiger charge is 2.35. The summed E-state index contributed by atoms with van der Waals surface area (Å²) < 4.78 is 0. The second kappa shape index (κ2) is 11.6. The van der Waals surface area contributed by atoms with E-state index in [0.29, 0.717) is 29.7 Å². The van der Waals surface area contributed by atoms with Gasteiger partial charge < -0.3 is 0 Å². The normalized spacial score (nSPS) is 11.1. The molecule has 0 aromatic heterocycles. The zero-order chi connectivity index (χ0) is 24.6. The van der Waals surface area contributed by atoms with E-state index in [1.807, 2.05) is 58.0 Å². The van der Waals surface area contributed by atoms with Gasteiger partial charge in [0.1, 0.15) is 0 Å². The molecule has 176 valence electrons. The van der Waals surface area contributed by atoms with Crippen molar-refractivity contribution in [3.8, 4) is 0 Å². The minimum absolute atomic E-state index is 0.0285. The van der Waals surface area contributed by atoms with Crippen LogP contribution in [0.25, 0.3) is 0 Å². The van der Waals surface area contributed by atoms with Crippen molar-refractivity contribution in [2.45, 2.75) is 65.8 Å². The Morgan fingerprint density at radius 2 is 1.36 bits per heavy atom. The second-order valence-corrected chi connectivity index (χ2v) is 9.04. The third kappa shape index (κ3) is 6.64. The summed E-state index contributed by atoms with van der Waals surface area (Å²) in [7, 11) is 0. The lowest BCUT2D eigenvalue weighted by atomic mass is 10.0. The molecule has 0 N–H and O–H groups in total. The van der Waals surface area contributed by atoms with Crippen LogP contribution in [0.3, 0.4) is 0 Å². The number of hydrogen-bond donors (Lipinski definition) is 0. The van der Waals surface area contributed by atoms with Gasteiger partial charge in [-0.1, -0.05) is 37.3 Å². The van der Waals surface area contributed by atoms with E-state index < -0.39 is 5.54 Å². The molecule has 0 aliphatic rings. The largest absolute Gasteiger partial charge is 0.294 e. The van der Waals surface area contributed by atoms with E-state index in [1.165, 1.54) is 15.6 Å². The maximum atomic E-state index is 13.6. The van der Waals surface area contributed by atoms with Gasteiger partial charge in [0.2, 0.25) is 0 Å². The Morgan fingerprint density at radius 3 is 1.85 bits per heavy atom. The first kappa shape index (κ1) is 26.0. The molecule has 2 aromatic carbocycles. The third-order valence-electron chi connectivity index (χ3n) is 5.45. The minimum Gasteiger partial charge on any atom is -0.294 e. The van der Waals surface area contributed by atoms with E-state index in [1.54, 1.807) is 31.2 Å². The molecule has 0 unspecified atom stereocenters. The standard InChI is InChI=1S/C28H36N2O3/c1-7-10-11-12-21-13-15-24(16-14-21)27(33)30(28(4,5)6)29(9-3)26(32)23-19-17-22(18-20-23)25(31)8-2/h7,13-20H,1,8-12H2,2-6H3. The Bertz CT molecular complexity index is 970. The Morgan fingerprint density at radius 1 is 0.848 bits per heavy atom. The highest BCUT2D eigenvalue weighted by Crippen LogP contribution is 2.23. The molecule has 2 rings (SSSR count). The summed E-state index contributed by atoms with van der Waals surface area (Å²) in [5.41, 5.74) is 2.09. The Hall–Kier alpha value is -3.21. The van der Waals surface area contributed by atoms with Gasteiger partial charge in [0, 0.05) is 29.7 Å². The van der Waals surface area contributed by atoms with Gasteiger partial charge in [-0.2, -0.15) is 0 Å². The topological polar surface area (TPSA) is 57.7 Å². The van der Waals surface area contributed by atoms with Crippen LogP contribution in [0.2, 0.25) is 0 Å². The van der Waals surface area contributed by atoms with Gasteiger partial charge in [-0.15, -0.1) is 6.58 Å². The maximum Gasteiger partial charge on any atom is 0.272 e. The van der Waals surface area contributed by atoms with Crippen molar-refractivity contribution in [2.24, 2.45) is 0 Å². The zero-order valence-electron chi connectivity index (χ0n) is 20.6. The molecule has 0 heterocycles. The predicted octanol–water partition coefficient (Wildman–Crippen LogP) is 6.11. The molecule has 33 heavy (non-hydrogen) atoms. The summed E-state index contributed by atoms with van der Waals surface area (Å²) in [6.45, 7) is 13.5. The second-order valence-electron chi connectivity index (χ2n) is 9.04. The molecule has 0 spiro atoms. The first-order valence-corrected chi connectivity index (χ1v) is 11.6. The van der Waals surface area contributed by atoms with Crippen LogP contribution < -0.4 is 0 Å². The first-order chi connectivity index (χ1) is 15.6. The Balaban J connectivity index is 2.31. The highest BCUT2D eigenvalue weighted by molar-refractivity contribution is 6.01. The van der Waals surface area contributed by atoms with Crippen molar-refractivity contribution >= 4 is 17.6 Å². The highest BCUT2D eigenvalue weighted by atomic mass is 16.2. The van der Waals surface area contributed by atoms with E-state index >= 15 is 0 Å².